The van der Waals surface area contributed by atoms with Crippen LogP contribution < -0.4 is 15.2 Å². The molecule has 0 aliphatic carbocycles. The molecule has 2 aromatic rings. The number of fused-ring (bicyclic) bond motifs is 1. The zero-order valence-corrected chi connectivity index (χ0v) is 12.3. The van der Waals surface area contributed by atoms with Crippen molar-refractivity contribution in [2.45, 2.75) is 20.0 Å². The number of carbonyl (C=O) groups is 1. The van der Waals surface area contributed by atoms with Crippen molar-refractivity contribution in [3.8, 4) is 11.5 Å². The molecule has 1 aromatic heterocycles. The Morgan fingerprint density at radius 3 is 2.10 bits per heavy atom. The van der Waals surface area contributed by atoms with Crippen molar-refractivity contribution in [2.75, 3.05) is 20.0 Å². The van der Waals surface area contributed by atoms with Crippen molar-refractivity contribution in [1.29, 1.82) is 0 Å². The van der Waals surface area contributed by atoms with Gasteiger partial charge in [0.25, 0.3) is 0 Å². The first-order valence-electron chi connectivity index (χ1n) is 6.36. The van der Waals surface area contributed by atoms with Crippen molar-refractivity contribution in [2.24, 2.45) is 0 Å². The summed E-state index contributed by atoms with van der Waals surface area (Å²) in [6, 6.07) is 3.28. The van der Waals surface area contributed by atoms with Crippen molar-refractivity contribution in [3.05, 3.63) is 17.8 Å². The molecule has 0 amide bonds. The Labute approximate surface area is 122 Å². The van der Waals surface area contributed by atoms with Crippen LogP contribution in [0.1, 0.15) is 24.3 Å². The second kappa shape index (κ2) is 5.82. The van der Waals surface area contributed by atoms with Crippen molar-refractivity contribution >= 4 is 22.8 Å². The molecule has 2 N–H and O–H groups in total. The standard InChI is InChI=1S/C14H17N3O4/c1-7(2)21-14(18)12-13(15)17-9-6-11(20-4)10(19-3)5-8(9)16-12/h5-7H,1-4H3,(H2,15,17). The molecule has 0 atom stereocenters. The molecule has 0 radical (unpaired) electrons. The fraction of sp³-hybridized carbons (Fsp3) is 0.357. The van der Waals surface area contributed by atoms with Crippen molar-refractivity contribution in [3.63, 3.8) is 0 Å². The van der Waals surface area contributed by atoms with E-state index in [4.69, 9.17) is 19.9 Å². The lowest BCUT2D eigenvalue weighted by Crippen LogP contribution is -2.16. The number of anilines is 1. The van der Waals surface area contributed by atoms with Crippen LogP contribution in [0.15, 0.2) is 12.1 Å². The summed E-state index contributed by atoms with van der Waals surface area (Å²) in [5, 5.41) is 0. The quantitative estimate of drug-likeness (QED) is 0.858. The third-order valence-electron chi connectivity index (χ3n) is 2.73. The number of ether oxygens (including phenoxy) is 3. The second-order valence-corrected chi connectivity index (χ2v) is 4.61. The largest absolute Gasteiger partial charge is 0.493 e. The van der Waals surface area contributed by atoms with E-state index in [-0.39, 0.29) is 17.6 Å². The molecule has 0 bridgehead atoms. The van der Waals surface area contributed by atoms with Crippen LogP contribution >= 0.6 is 0 Å². The summed E-state index contributed by atoms with van der Waals surface area (Å²) in [4.78, 5) is 20.3. The molecule has 0 aliphatic rings. The maximum absolute atomic E-state index is 11.9. The third-order valence-corrected chi connectivity index (χ3v) is 2.73. The van der Waals surface area contributed by atoms with E-state index in [9.17, 15) is 4.79 Å². The summed E-state index contributed by atoms with van der Waals surface area (Å²) >= 11 is 0. The number of nitrogen functional groups attached to an aromatic ring is 1. The number of nitrogens with zero attached hydrogens (tertiary/aromatic N) is 2. The molecule has 112 valence electrons. The maximum Gasteiger partial charge on any atom is 0.361 e. The average molecular weight is 291 g/mol. The normalized spacial score (nSPS) is 10.7. The Kier molecular flexibility index (Phi) is 4.11. The van der Waals surface area contributed by atoms with Gasteiger partial charge in [-0.25, -0.2) is 14.8 Å². The Morgan fingerprint density at radius 2 is 1.62 bits per heavy atom. The zero-order valence-electron chi connectivity index (χ0n) is 12.3. The molecular weight excluding hydrogens is 274 g/mol. The van der Waals surface area contributed by atoms with Gasteiger partial charge >= 0.3 is 5.97 Å². The van der Waals surface area contributed by atoms with E-state index < -0.39 is 5.97 Å². The first-order chi connectivity index (χ1) is 9.96. The van der Waals surface area contributed by atoms with Gasteiger partial charge in [-0.15, -0.1) is 0 Å². The third kappa shape index (κ3) is 2.96. The van der Waals surface area contributed by atoms with E-state index in [0.717, 1.165) is 0 Å². The molecule has 0 fully saturated rings. The van der Waals surface area contributed by atoms with Gasteiger partial charge in [0.05, 0.1) is 31.4 Å². The fourth-order valence-electron chi connectivity index (χ4n) is 1.82. The lowest BCUT2D eigenvalue weighted by atomic mass is 10.2. The van der Waals surface area contributed by atoms with Crippen LogP contribution in [0.2, 0.25) is 0 Å². The lowest BCUT2D eigenvalue weighted by Gasteiger charge is -2.11. The number of esters is 1. The number of methoxy groups -OCH3 is 2. The minimum Gasteiger partial charge on any atom is -0.493 e. The van der Waals surface area contributed by atoms with Gasteiger partial charge in [-0.2, -0.15) is 0 Å². The molecule has 7 heteroatoms. The first kappa shape index (κ1) is 14.8. The Bertz CT molecular complexity index is 685. The molecular formula is C14H17N3O4. The highest BCUT2D eigenvalue weighted by Gasteiger charge is 2.18. The summed E-state index contributed by atoms with van der Waals surface area (Å²) in [6.45, 7) is 3.49. The van der Waals surface area contributed by atoms with Crippen LogP contribution in [0.5, 0.6) is 11.5 Å². The van der Waals surface area contributed by atoms with Gasteiger partial charge < -0.3 is 19.9 Å². The van der Waals surface area contributed by atoms with Gasteiger partial charge in [0.1, 0.15) is 0 Å². The number of aromatic nitrogens is 2. The van der Waals surface area contributed by atoms with Gasteiger partial charge in [0.15, 0.2) is 23.0 Å². The smallest absolute Gasteiger partial charge is 0.361 e. The highest BCUT2D eigenvalue weighted by atomic mass is 16.5. The predicted molar refractivity (Wildman–Crippen MR) is 77.6 cm³/mol. The minimum absolute atomic E-state index is 0.0107. The van der Waals surface area contributed by atoms with Crippen molar-refractivity contribution < 1.29 is 19.0 Å². The SMILES string of the molecule is COc1cc2nc(N)c(C(=O)OC(C)C)nc2cc1OC. The Balaban J connectivity index is 2.56. The molecule has 21 heavy (non-hydrogen) atoms. The van der Waals surface area contributed by atoms with E-state index in [1.807, 2.05) is 0 Å². The number of rotatable bonds is 4. The van der Waals surface area contributed by atoms with E-state index in [2.05, 4.69) is 9.97 Å². The van der Waals surface area contributed by atoms with E-state index in [0.29, 0.717) is 22.5 Å². The molecule has 0 saturated heterocycles. The lowest BCUT2D eigenvalue weighted by molar-refractivity contribution is 0.0372. The molecule has 0 spiro atoms. The highest BCUT2D eigenvalue weighted by molar-refractivity contribution is 5.95. The zero-order chi connectivity index (χ0) is 15.6. The molecule has 2 rings (SSSR count). The number of nitrogens with two attached hydrogens (primary N) is 1. The van der Waals surface area contributed by atoms with Crippen LogP contribution in [0, 0.1) is 0 Å². The van der Waals surface area contributed by atoms with E-state index in [1.165, 1.54) is 14.2 Å². The summed E-state index contributed by atoms with van der Waals surface area (Å²) in [6.07, 6.45) is -0.264. The van der Waals surface area contributed by atoms with Gasteiger partial charge in [-0.3, -0.25) is 0 Å². The van der Waals surface area contributed by atoms with Gasteiger partial charge in [-0.1, -0.05) is 0 Å². The van der Waals surface area contributed by atoms with Crippen LogP contribution in [0.25, 0.3) is 11.0 Å². The van der Waals surface area contributed by atoms with Crippen molar-refractivity contribution in [1.82, 2.24) is 9.97 Å². The molecule has 0 aliphatic heterocycles. The van der Waals surface area contributed by atoms with Crippen LogP contribution in [0.4, 0.5) is 5.82 Å². The molecule has 0 saturated carbocycles. The Morgan fingerprint density at radius 1 is 1.10 bits per heavy atom. The van der Waals surface area contributed by atoms with Gasteiger partial charge in [-0.05, 0) is 13.8 Å². The highest BCUT2D eigenvalue weighted by Crippen LogP contribution is 2.31. The maximum atomic E-state index is 11.9. The number of hydrogen-bond acceptors (Lipinski definition) is 7. The number of carbonyl (C=O) groups excluding carboxylic acids is 1. The summed E-state index contributed by atoms with van der Waals surface area (Å²) in [7, 11) is 3.04. The van der Waals surface area contributed by atoms with Crippen LogP contribution in [-0.4, -0.2) is 36.3 Å². The average Bonchev–Trinajstić information content (AvgIpc) is 2.44. The van der Waals surface area contributed by atoms with E-state index in [1.54, 1.807) is 26.0 Å². The Hall–Kier alpha value is -2.57. The predicted octanol–water partition coefficient (Wildman–Crippen LogP) is 1.79. The topological polar surface area (TPSA) is 96.6 Å². The summed E-state index contributed by atoms with van der Waals surface area (Å²) < 4.78 is 15.5. The fourth-order valence-corrected chi connectivity index (χ4v) is 1.82. The summed E-state index contributed by atoms with van der Waals surface area (Å²) in [5.41, 5.74) is 6.74. The van der Waals surface area contributed by atoms with Gasteiger partial charge in [0.2, 0.25) is 0 Å². The summed E-state index contributed by atoms with van der Waals surface area (Å²) in [5.74, 6) is 0.413. The molecule has 1 heterocycles. The van der Waals surface area contributed by atoms with E-state index >= 15 is 0 Å². The van der Waals surface area contributed by atoms with Crippen LogP contribution in [0.3, 0.4) is 0 Å². The molecule has 7 nitrogen and oxygen atoms in total. The minimum atomic E-state index is -0.605. The molecule has 1 aromatic carbocycles. The second-order valence-electron chi connectivity index (χ2n) is 4.61. The monoisotopic (exact) mass is 291 g/mol. The van der Waals surface area contributed by atoms with Crippen LogP contribution in [-0.2, 0) is 4.74 Å². The number of hydrogen-bond donors (Lipinski definition) is 1. The molecule has 0 unspecified atom stereocenters. The number of benzene rings is 1. The first-order valence-corrected chi connectivity index (χ1v) is 6.36. The van der Waals surface area contributed by atoms with Gasteiger partial charge in [0, 0.05) is 12.1 Å².